The molecule has 0 bridgehead atoms. The summed E-state index contributed by atoms with van der Waals surface area (Å²) in [6, 6.07) is 13.9. The van der Waals surface area contributed by atoms with Gasteiger partial charge in [-0.2, -0.15) is 0 Å². The summed E-state index contributed by atoms with van der Waals surface area (Å²) in [4.78, 5) is 13.0. The number of phenols is 1. The van der Waals surface area contributed by atoms with E-state index < -0.39 is 0 Å². The Labute approximate surface area is 116 Å². The van der Waals surface area contributed by atoms with E-state index in [1.165, 1.54) is 12.1 Å². The van der Waals surface area contributed by atoms with Crippen LogP contribution in [-0.4, -0.2) is 17.1 Å². The normalized spacial score (nSPS) is 9.53. The van der Waals surface area contributed by atoms with E-state index >= 15 is 0 Å². The number of rotatable bonds is 2. The summed E-state index contributed by atoms with van der Waals surface area (Å²) in [7, 11) is 0. The number of carbonyl (C=O) groups is 1. The number of carbonyl (C=O) groups excluding carboxylic acids is 1. The first kappa shape index (κ1) is 13.3. The van der Waals surface area contributed by atoms with E-state index in [9.17, 15) is 9.90 Å². The molecule has 0 unspecified atom stereocenters. The van der Waals surface area contributed by atoms with Crippen LogP contribution in [0.25, 0.3) is 0 Å². The lowest BCUT2D eigenvalue weighted by Crippen LogP contribution is -1.94. The van der Waals surface area contributed by atoms with Crippen molar-refractivity contribution in [3.63, 3.8) is 0 Å². The Kier molecular flexibility index (Phi) is 4.27. The summed E-state index contributed by atoms with van der Waals surface area (Å²) in [5.74, 6) is 5.16. The fourth-order valence-corrected chi connectivity index (χ4v) is 1.93. The molecular formula is C16H12O2S. The van der Waals surface area contributed by atoms with E-state index in [4.69, 9.17) is 0 Å². The van der Waals surface area contributed by atoms with Gasteiger partial charge in [0, 0.05) is 16.0 Å². The highest BCUT2D eigenvalue weighted by atomic mass is 32.2. The molecular weight excluding hydrogens is 256 g/mol. The molecule has 0 aliphatic heterocycles. The number of ketones is 1. The summed E-state index contributed by atoms with van der Waals surface area (Å²) in [6.07, 6.45) is 2.01. The van der Waals surface area contributed by atoms with Crippen LogP contribution in [0.2, 0.25) is 0 Å². The van der Waals surface area contributed by atoms with E-state index in [2.05, 4.69) is 11.8 Å². The third kappa shape index (κ3) is 3.64. The van der Waals surface area contributed by atoms with Crippen molar-refractivity contribution in [2.45, 2.75) is 4.90 Å². The van der Waals surface area contributed by atoms with Gasteiger partial charge in [0.25, 0.3) is 0 Å². The van der Waals surface area contributed by atoms with Gasteiger partial charge in [0.05, 0.1) is 0 Å². The van der Waals surface area contributed by atoms with E-state index in [-0.39, 0.29) is 11.5 Å². The number of Topliss-reactive ketones (excluding diaryl/α,β-unsaturated/α-hetero) is 1. The molecule has 94 valence electrons. The van der Waals surface area contributed by atoms with Crippen LogP contribution >= 0.6 is 11.8 Å². The van der Waals surface area contributed by atoms with E-state index in [1.807, 2.05) is 30.5 Å². The highest BCUT2D eigenvalue weighted by Gasteiger charge is 2.02. The standard InChI is InChI=1S/C16H12O2S/c1-19-15-8-5-12(6-9-15)7-10-16(18)13-3-2-4-14(17)11-13/h2-6,8-9,11,17H,1H3. The molecule has 3 heteroatoms. The van der Waals surface area contributed by atoms with E-state index in [0.29, 0.717) is 5.56 Å². The zero-order valence-corrected chi connectivity index (χ0v) is 11.2. The van der Waals surface area contributed by atoms with Gasteiger partial charge in [-0.25, -0.2) is 0 Å². The maximum atomic E-state index is 11.8. The summed E-state index contributed by atoms with van der Waals surface area (Å²) in [5, 5.41) is 9.30. The Morgan fingerprint density at radius 2 is 1.89 bits per heavy atom. The van der Waals surface area contributed by atoms with Gasteiger partial charge in [-0.15, -0.1) is 11.8 Å². The average molecular weight is 268 g/mol. The van der Waals surface area contributed by atoms with Gasteiger partial charge in [-0.05, 0) is 48.6 Å². The van der Waals surface area contributed by atoms with Crippen LogP contribution in [0.4, 0.5) is 0 Å². The summed E-state index contributed by atoms with van der Waals surface area (Å²) in [6.45, 7) is 0. The number of hydrogen-bond donors (Lipinski definition) is 1. The Bertz CT molecular complexity index is 648. The second-order valence-electron chi connectivity index (χ2n) is 3.86. The fraction of sp³-hybridized carbons (Fsp3) is 0.0625. The number of aromatic hydroxyl groups is 1. The quantitative estimate of drug-likeness (QED) is 0.515. The molecule has 0 radical (unpaired) electrons. The minimum atomic E-state index is -0.301. The Balaban J connectivity index is 2.16. The van der Waals surface area contributed by atoms with Gasteiger partial charge in [-0.1, -0.05) is 18.1 Å². The van der Waals surface area contributed by atoms with Crippen molar-refractivity contribution in [1.29, 1.82) is 0 Å². The molecule has 2 aromatic carbocycles. The number of thioether (sulfide) groups is 1. The SMILES string of the molecule is CSc1ccc(C#CC(=O)c2cccc(O)c2)cc1. The molecule has 1 N–H and O–H groups in total. The van der Waals surface area contributed by atoms with Gasteiger partial charge in [0.1, 0.15) is 5.75 Å². The first-order valence-corrected chi connectivity index (χ1v) is 6.91. The van der Waals surface area contributed by atoms with Crippen LogP contribution in [0.3, 0.4) is 0 Å². The third-order valence-electron chi connectivity index (χ3n) is 2.52. The maximum Gasteiger partial charge on any atom is 0.236 e. The van der Waals surface area contributed by atoms with Gasteiger partial charge < -0.3 is 5.11 Å². The highest BCUT2D eigenvalue weighted by molar-refractivity contribution is 7.98. The topological polar surface area (TPSA) is 37.3 Å². The van der Waals surface area contributed by atoms with Gasteiger partial charge in [-0.3, -0.25) is 4.79 Å². The molecule has 0 aliphatic carbocycles. The second-order valence-corrected chi connectivity index (χ2v) is 4.74. The highest BCUT2D eigenvalue weighted by Crippen LogP contribution is 2.14. The van der Waals surface area contributed by atoms with Gasteiger partial charge >= 0.3 is 0 Å². The Morgan fingerprint density at radius 1 is 1.16 bits per heavy atom. The number of benzene rings is 2. The lowest BCUT2D eigenvalue weighted by Gasteiger charge is -1.96. The predicted octanol–water partition coefficient (Wildman–Crippen LogP) is 3.35. The predicted molar refractivity (Wildman–Crippen MR) is 77.5 cm³/mol. The zero-order chi connectivity index (χ0) is 13.7. The zero-order valence-electron chi connectivity index (χ0n) is 10.4. The van der Waals surface area contributed by atoms with E-state index in [0.717, 1.165) is 10.5 Å². The molecule has 0 aromatic heterocycles. The van der Waals surface area contributed by atoms with Crippen molar-refractivity contribution in [3.8, 4) is 17.6 Å². The summed E-state index contributed by atoms with van der Waals surface area (Å²) in [5.41, 5.74) is 1.19. The van der Waals surface area contributed by atoms with Crippen LogP contribution in [-0.2, 0) is 0 Å². The van der Waals surface area contributed by atoms with Crippen molar-refractivity contribution < 1.29 is 9.90 Å². The largest absolute Gasteiger partial charge is 0.508 e. The average Bonchev–Trinajstić information content (AvgIpc) is 2.45. The van der Waals surface area contributed by atoms with Gasteiger partial charge in [0.2, 0.25) is 5.78 Å². The molecule has 0 spiro atoms. The minimum Gasteiger partial charge on any atom is -0.508 e. The molecule has 0 saturated heterocycles. The summed E-state index contributed by atoms with van der Waals surface area (Å²) >= 11 is 1.66. The number of phenolic OH excluding ortho intramolecular Hbond substituents is 1. The van der Waals surface area contributed by atoms with Crippen LogP contribution in [0.5, 0.6) is 5.75 Å². The van der Waals surface area contributed by atoms with E-state index in [1.54, 1.807) is 23.9 Å². The third-order valence-corrected chi connectivity index (χ3v) is 3.26. The molecule has 2 aromatic rings. The molecule has 0 amide bonds. The number of hydrogen-bond acceptors (Lipinski definition) is 3. The molecule has 0 atom stereocenters. The van der Waals surface area contributed by atoms with Crippen molar-refractivity contribution >= 4 is 17.5 Å². The Hall–Kier alpha value is -2.18. The molecule has 0 fully saturated rings. The first-order valence-electron chi connectivity index (χ1n) is 5.68. The first-order chi connectivity index (χ1) is 9.19. The lowest BCUT2D eigenvalue weighted by atomic mass is 10.1. The van der Waals surface area contributed by atoms with Gasteiger partial charge in [0.15, 0.2) is 0 Å². The molecule has 2 nitrogen and oxygen atoms in total. The fourth-order valence-electron chi connectivity index (χ4n) is 1.52. The second kappa shape index (κ2) is 6.12. The maximum absolute atomic E-state index is 11.8. The molecule has 0 heterocycles. The molecule has 19 heavy (non-hydrogen) atoms. The summed E-state index contributed by atoms with van der Waals surface area (Å²) < 4.78 is 0. The van der Waals surface area contributed by atoms with Crippen LogP contribution in [0.1, 0.15) is 15.9 Å². The molecule has 0 saturated carbocycles. The van der Waals surface area contributed by atoms with Crippen LogP contribution in [0.15, 0.2) is 53.4 Å². The van der Waals surface area contributed by atoms with Crippen molar-refractivity contribution in [2.75, 3.05) is 6.26 Å². The minimum absolute atomic E-state index is 0.0666. The smallest absolute Gasteiger partial charge is 0.236 e. The van der Waals surface area contributed by atoms with Crippen LogP contribution in [0, 0.1) is 11.8 Å². The Morgan fingerprint density at radius 3 is 2.53 bits per heavy atom. The molecule has 0 aliphatic rings. The monoisotopic (exact) mass is 268 g/mol. The van der Waals surface area contributed by atoms with Crippen molar-refractivity contribution in [3.05, 3.63) is 59.7 Å². The lowest BCUT2D eigenvalue weighted by molar-refractivity contribution is 0.105. The molecule has 2 rings (SSSR count). The van der Waals surface area contributed by atoms with Crippen molar-refractivity contribution in [1.82, 2.24) is 0 Å². The van der Waals surface area contributed by atoms with Crippen LogP contribution < -0.4 is 0 Å². The van der Waals surface area contributed by atoms with Crippen molar-refractivity contribution in [2.24, 2.45) is 0 Å².